The lowest BCUT2D eigenvalue weighted by atomic mass is 10.0. The summed E-state index contributed by atoms with van der Waals surface area (Å²) in [5, 5.41) is 9.33. The minimum atomic E-state index is -0.565. The van der Waals surface area contributed by atoms with Crippen LogP contribution < -0.4 is 16.1 Å². The van der Waals surface area contributed by atoms with Crippen LogP contribution >= 0.6 is 0 Å². The first-order valence-corrected chi connectivity index (χ1v) is 7.34. The fraction of sp³-hybridized carbons (Fsp3) is 0.353. The molecular weight excluding hydrogens is 292 g/mol. The SMILES string of the molecule is C[C@H](CN(C)c1c(C#N)c(=O)n(C)c(=O)n1C)c1ccccc1. The quantitative estimate of drug-likeness (QED) is 0.850. The van der Waals surface area contributed by atoms with Crippen molar-refractivity contribution in [3.05, 3.63) is 62.3 Å². The molecule has 0 aliphatic rings. The number of benzene rings is 1. The van der Waals surface area contributed by atoms with E-state index in [1.807, 2.05) is 36.4 Å². The van der Waals surface area contributed by atoms with E-state index in [1.54, 1.807) is 19.0 Å². The Bertz CT molecular complexity index is 859. The van der Waals surface area contributed by atoms with Gasteiger partial charge < -0.3 is 4.90 Å². The number of hydrogen-bond acceptors (Lipinski definition) is 4. The Kier molecular flexibility index (Phi) is 4.70. The maximum Gasteiger partial charge on any atom is 0.332 e. The highest BCUT2D eigenvalue weighted by molar-refractivity contribution is 5.53. The van der Waals surface area contributed by atoms with Crippen molar-refractivity contribution in [3.63, 3.8) is 0 Å². The number of nitrogens with zero attached hydrogens (tertiary/aromatic N) is 4. The predicted octanol–water partition coefficient (Wildman–Crippen LogP) is 1.20. The molecule has 0 bridgehead atoms. The van der Waals surface area contributed by atoms with Gasteiger partial charge in [-0.3, -0.25) is 13.9 Å². The molecule has 0 radical (unpaired) electrons. The molecule has 0 fully saturated rings. The van der Waals surface area contributed by atoms with E-state index in [9.17, 15) is 14.9 Å². The summed E-state index contributed by atoms with van der Waals surface area (Å²) in [6.45, 7) is 2.65. The molecule has 0 aliphatic heterocycles. The number of likely N-dealkylation sites (N-methyl/N-ethyl adjacent to an activating group) is 1. The Labute approximate surface area is 134 Å². The van der Waals surface area contributed by atoms with Crippen LogP contribution in [-0.4, -0.2) is 22.7 Å². The van der Waals surface area contributed by atoms with Gasteiger partial charge in [-0.2, -0.15) is 5.26 Å². The maximum atomic E-state index is 12.2. The average Bonchev–Trinajstić information content (AvgIpc) is 2.56. The molecule has 0 unspecified atom stereocenters. The summed E-state index contributed by atoms with van der Waals surface area (Å²) in [4.78, 5) is 26.1. The molecule has 23 heavy (non-hydrogen) atoms. The highest BCUT2D eigenvalue weighted by Gasteiger charge is 2.20. The molecular formula is C17H20N4O2. The first kappa shape index (κ1) is 16.6. The van der Waals surface area contributed by atoms with E-state index < -0.39 is 11.2 Å². The van der Waals surface area contributed by atoms with Crippen molar-refractivity contribution < 1.29 is 0 Å². The Morgan fingerprint density at radius 2 is 1.78 bits per heavy atom. The molecule has 0 amide bonds. The molecule has 6 nitrogen and oxygen atoms in total. The van der Waals surface area contributed by atoms with E-state index in [1.165, 1.54) is 11.6 Å². The van der Waals surface area contributed by atoms with E-state index in [2.05, 4.69) is 6.92 Å². The summed E-state index contributed by atoms with van der Waals surface area (Å²) < 4.78 is 2.30. The number of hydrogen-bond donors (Lipinski definition) is 0. The van der Waals surface area contributed by atoms with Gasteiger partial charge in [0.2, 0.25) is 0 Å². The summed E-state index contributed by atoms with van der Waals surface area (Å²) in [5.41, 5.74) is 0.136. The van der Waals surface area contributed by atoms with Gasteiger partial charge in [-0.25, -0.2) is 4.79 Å². The molecule has 1 aromatic heterocycles. The third kappa shape index (κ3) is 3.04. The van der Waals surface area contributed by atoms with Crippen molar-refractivity contribution in [1.82, 2.24) is 9.13 Å². The zero-order valence-electron chi connectivity index (χ0n) is 13.8. The molecule has 0 aliphatic carbocycles. The average molecular weight is 312 g/mol. The molecule has 6 heteroatoms. The first-order valence-electron chi connectivity index (χ1n) is 7.34. The topological polar surface area (TPSA) is 71.0 Å². The predicted molar refractivity (Wildman–Crippen MR) is 89.8 cm³/mol. The van der Waals surface area contributed by atoms with E-state index in [-0.39, 0.29) is 11.5 Å². The van der Waals surface area contributed by atoms with Crippen molar-refractivity contribution in [1.29, 1.82) is 5.26 Å². The van der Waals surface area contributed by atoms with Gasteiger partial charge in [0.1, 0.15) is 11.9 Å². The molecule has 0 saturated heterocycles. The van der Waals surface area contributed by atoms with E-state index >= 15 is 0 Å². The second-order valence-electron chi connectivity index (χ2n) is 5.71. The van der Waals surface area contributed by atoms with Crippen LogP contribution in [0.5, 0.6) is 0 Å². The minimum Gasteiger partial charge on any atom is -0.359 e. The largest absolute Gasteiger partial charge is 0.359 e. The van der Waals surface area contributed by atoms with Gasteiger partial charge in [0.15, 0.2) is 5.56 Å². The van der Waals surface area contributed by atoms with Gasteiger partial charge >= 0.3 is 5.69 Å². The fourth-order valence-corrected chi connectivity index (χ4v) is 2.76. The normalized spacial score (nSPS) is 11.8. The van der Waals surface area contributed by atoms with Crippen LogP contribution in [0, 0.1) is 11.3 Å². The molecule has 2 aromatic rings. The zero-order valence-corrected chi connectivity index (χ0v) is 13.8. The lowest BCUT2D eigenvalue weighted by molar-refractivity contribution is 0.650. The van der Waals surface area contributed by atoms with Crippen molar-refractivity contribution in [2.45, 2.75) is 12.8 Å². The number of aromatic nitrogens is 2. The van der Waals surface area contributed by atoms with Crippen LogP contribution in [-0.2, 0) is 14.1 Å². The summed E-state index contributed by atoms with van der Waals surface area (Å²) in [6.07, 6.45) is 0. The Balaban J connectivity index is 2.45. The monoisotopic (exact) mass is 312 g/mol. The van der Waals surface area contributed by atoms with Crippen LogP contribution in [0.15, 0.2) is 39.9 Å². The Morgan fingerprint density at radius 3 is 2.35 bits per heavy atom. The smallest absolute Gasteiger partial charge is 0.332 e. The first-order chi connectivity index (χ1) is 10.9. The standard InChI is InChI=1S/C17H20N4O2/c1-12(13-8-6-5-7-9-13)11-19(2)15-14(10-18)16(22)21(4)17(23)20(15)3/h5-9,12H,11H2,1-4H3/t12-/m1/s1. The van der Waals surface area contributed by atoms with Crippen molar-refractivity contribution in [2.24, 2.45) is 14.1 Å². The van der Waals surface area contributed by atoms with Crippen molar-refractivity contribution in [3.8, 4) is 6.07 Å². The highest BCUT2D eigenvalue weighted by atomic mass is 16.2. The van der Waals surface area contributed by atoms with E-state index in [0.717, 1.165) is 10.1 Å². The number of rotatable bonds is 4. The van der Waals surface area contributed by atoms with E-state index in [0.29, 0.717) is 12.4 Å². The van der Waals surface area contributed by atoms with Crippen molar-refractivity contribution >= 4 is 5.82 Å². The molecule has 0 spiro atoms. The molecule has 1 atom stereocenters. The Morgan fingerprint density at radius 1 is 1.17 bits per heavy atom. The van der Waals surface area contributed by atoms with Gasteiger partial charge in [0.05, 0.1) is 0 Å². The molecule has 120 valence electrons. The lowest BCUT2D eigenvalue weighted by Crippen LogP contribution is -2.42. The third-order valence-electron chi connectivity index (χ3n) is 4.02. The third-order valence-corrected chi connectivity index (χ3v) is 4.02. The second kappa shape index (κ2) is 6.53. The molecule has 1 aromatic carbocycles. The summed E-state index contributed by atoms with van der Waals surface area (Å²) >= 11 is 0. The number of anilines is 1. The maximum absolute atomic E-state index is 12.2. The minimum absolute atomic E-state index is 0.0163. The molecule has 0 N–H and O–H groups in total. The van der Waals surface area contributed by atoms with E-state index in [4.69, 9.17) is 0 Å². The summed E-state index contributed by atoms with van der Waals surface area (Å²) in [6, 6.07) is 11.9. The van der Waals surface area contributed by atoms with Crippen LogP contribution in [0.1, 0.15) is 24.0 Å². The highest BCUT2D eigenvalue weighted by Crippen LogP contribution is 2.20. The van der Waals surface area contributed by atoms with Crippen LogP contribution in [0.2, 0.25) is 0 Å². The van der Waals surface area contributed by atoms with Crippen LogP contribution in [0.4, 0.5) is 5.82 Å². The zero-order chi connectivity index (χ0) is 17.1. The second-order valence-corrected chi connectivity index (χ2v) is 5.71. The summed E-state index contributed by atoms with van der Waals surface area (Å²) in [5.74, 6) is 0.537. The molecule has 1 heterocycles. The molecule has 2 rings (SSSR count). The van der Waals surface area contributed by atoms with Gasteiger partial charge in [-0.15, -0.1) is 0 Å². The van der Waals surface area contributed by atoms with Crippen molar-refractivity contribution in [2.75, 3.05) is 18.5 Å². The Hall–Kier alpha value is -2.81. The van der Waals surface area contributed by atoms with Gasteiger partial charge in [0, 0.05) is 27.7 Å². The fourth-order valence-electron chi connectivity index (χ4n) is 2.76. The lowest BCUT2D eigenvalue weighted by Gasteiger charge is -2.26. The van der Waals surface area contributed by atoms with Gasteiger partial charge in [0.25, 0.3) is 5.56 Å². The van der Waals surface area contributed by atoms with Crippen LogP contribution in [0.25, 0.3) is 0 Å². The van der Waals surface area contributed by atoms with Gasteiger partial charge in [-0.1, -0.05) is 37.3 Å². The number of nitriles is 1. The summed E-state index contributed by atoms with van der Waals surface area (Å²) in [7, 11) is 4.73. The van der Waals surface area contributed by atoms with Crippen LogP contribution in [0.3, 0.4) is 0 Å². The van der Waals surface area contributed by atoms with Gasteiger partial charge in [-0.05, 0) is 11.5 Å². The molecule has 0 saturated carbocycles.